The third-order valence-electron chi connectivity index (χ3n) is 3.12. The number of aromatic nitrogens is 1. The van der Waals surface area contributed by atoms with Crippen LogP contribution < -0.4 is 5.32 Å². The fourth-order valence-electron chi connectivity index (χ4n) is 2.03. The van der Waals surface area contributed by atoms with Crippen LogP contribution in [0.3, 0.4) is 0 Å². The SMILES string of the molecule is Cc1nc(-c2ccco2)ccc1C(=O)Nc1sccc1C#N. The van der Waals surface area contributed by atoms with Crippen LogP contribution in [0.15, 0.2) is 46.4 Å². The summed E-state index contributed by atoms with van der Waals surface area (Å²) in [5.41, 5.74) is 2.19. The number of hydrogen-bond donors (Lipinski definition) is 1. The van der Waals surface area contributed by atoms with E-state index in [1.54, 1.807) is 42.8 Å². The maximum Gasteiger partial charge on any atom is 0.258 e. The summed E-state index contributed by atoms with van der Waals surface area (Å²) in [6.45, 7) is 1.76. The number of pyridine rings is 1. The topological polar surface area (TPSA) is 78.9 Å². The summed E-state index contributed by atoms with van der Waals surface area (Å²) >= 11 is 1.31. The summed E-state index contributed by atoms with van der Waals surface area (Å²) in [4.78, 5) is 16.7. The van der Waals surface area contributed by atoms with E-state index in [-0.39, 0.29) is 5.91 Å². The van der Waals surface area contributed by atoms with E-state index in [1.165, 1.54) is 11.3 Å². The number of carbonyl (C=O) groups excluding carboxylic acids is 1. The predicted octanol–water partition coefficient (Wildman–Crippen LogP) is 3.84. The van der Waals surface area contributed by atoms with Gasteiger partial charge in [-0.15, -0.1) is 11.3 Å². The van der Waals surface area contributed by atoms with Crippen molar-refractivity contribution in [3.05, 3.63) is 58.8 Å². The van der Waals surface area contributed by atoms with Gasteiger partial charge in [0.25, 0.3) is 5.91 Å². The molecule has 0 radical (unpaired) electrons. The van der Waals surface area contributed by atoms with Gasteiger partial charge in [0.2, 0.25) is 0 Å². The molecule has 0 aromatic carbocycles. The van der Waals surface area contributed by atoms with Gasteiger partial charge in [-0.3, -0.25) is 4.79 Å². The molecule has 0 aliphatic heterocycles. The highest BCUT2D eigenvalue weighted by Gasteiger charge is 2.14. The first-order valence-electron chi connectivity index (χ1n) is 6.49. The largest absolute Gasteiger partial charge is 0.463 e. The van der Waals surface area contributed by atoms with E-state index < -0.39 is 0 Å². The molecule has 108 valence electrons. The number of carbonyl (C=O) groups is 1. The fourth-order valence-corrected chi connectivity index (χ4v) is 2.76. The molecule has 5 nitrogen and oxygen atoms in total. The van der Waals surface area contributed by atoms with Crippen LogP contribution in [0.25, 0.3) is 11.5 Å². The highest BCUT2D eigenvalue weighted by atomic mass is 32.1. The number of nitriles is 1. The van der Waals surface area contributed by atoms with E-state index in [0.717, 1.165) is 0 Å². The van der Waals surface area contributed by atoms with Crippen LogP contribution in [-0.2, 0) is 0 Å². The number of nitrogens with one attached hydrogen (secondary N) is 1. The molecule has 0 saturated heterocycles. The van der Waals surface area contributed by atoms with Crippen LogP contribution >= 0.6 is 11.3 Å². The quantitative estimate of drug-likeness (QED) is 0.797. The second-order valence-corrected chi connectivity index (χ2v) is 5.45. The molecule has 6 heteroatoms. The Bertz CT molecular complexity index is 860. The Morgan fingerprint density at radius 2 is 2.23 bits per heavy atom. The number of nitrogens with zero attached hydrogens (tertiary/aromatic N) is 2. The highest BCUT2D eigenvalue weighted by molar-refractivity contribution is 7.14. The number of aryl methyl sites for hydroxylation is 1. The van der Waals surface area contributed by atoms with Gasteiger partial charge in [-0.2, -0.15) is 5.26 Å². The Morgan fingerprint density at radius 3 is 2.91 bits per heavy atom. The van der Waals surface area contributed by atoms with Crippen molar-refractivity contribution in [1.29, 1.82) is 5.26 Å². The zero-order valence-corrected chi connectivity index (χ0v) is 12.5. The minimum absolute atomic E-state index is 0.282. The van der Waals surface area contributed by atoms with Crippen LogP contribution in [0, 0.1) is 18.3 Å². The van der Waals surface area contributed by atoms with Crippen molar-refractivity contribution in [2.75, 3.05) is 5.32 Å². The smallest absolute Gasteiger partial charge is 0.258 e. The Balaban J connectivity index is 1.86. The molecule has 3 rings (SSSR count). The molecule has 3 heterocycles. The van der Waals surface area contributed by atoms with Gasteiger partial charge in [0, 0.05) is 0 Å². The van der Waals surface area contributed by atoms with Gasteiger partial charge in [-0.05, 0) is 42.6 Å². The Morgan fingerprint density at radius 1 is 1.36 bits per heavy atom. The normalized spacial score (nSPS) is 10.2. The van der Waals surface area contributed by atoms with E-state index in [2.05, 4.69) is 10.3 Å². The molecule has 0 fully saturated rings. The monoisotopic (exact) mass is 309 g/mol. The zero-order valence-electron chi connectivity index (χ0n) is 11.7. The average molecular weight is 309 g/mol. The predicted molar refractivity (Wildman–Crippen MR) is 83.7 cm³/mol. The second kappa shape index (κ2) is 5.84. The van der Waals surface area contributed by atoms with Crippen LogP contribution in [0.1, 0.15) is 21.6 Å². The molecular weight excluding hydrogens is 298 g/mol. The van der Waals surface area contributed by atoms with Gasteiger partial charge in [0.1, 0.15) is 16.8 Å². The van der Waals surface area contributed by atoms with Crippen molar-refractivity contribution in [2.45, 2.75) is 6.92 Å². The highest BCUT2D eigenvalue weighted by Crippen LogP contribution is 2.24. The molecule has 3 aromatic heterocycles. The maximum atomic E-state index is 12.3. The fraction of sp³-hybridized carbons (Fsp3) is 0.0625. The molecular formula is C16H11N3O2S. The lowest BCUT2D eigenvalue weighted by Gasteiger charge is -2.07. The van der Waals surface area contributed by atoms with Crippen LogP contribution in [0.4, 0.5) is 5.00 Å². The second-order valence-electron chi connectivity index (χ2n) is 4.54. The lowest BCUT2D eigenvalue weighted by atomic mass is 10.1. The van der Waals surface area contributed by atoms with Crippen LogP contribution in [0.2, 0.25) is 0 Å². The molecule has 1 N–H and O–H groups in total. The van der Waals surface area contributed by atoms with Gasteiger partial charge in [-0.1, -0.05) is 0 Å². The number of anilines is 1. The Labute approximate surface area is 130 Å². The molecule has 0 aliphatic rings. The van der Waals surface area contributed by atoms with E-state index in [4.69, 9.17) is 9.68 Å². The molecule has 0 unspecified atom stereocenters. The number of amides is 1. The molecule has 0 atom stereocenters. The van der Waals surface area contributed by atoms with Crippen LogP contribution in [-0.4, -0.2) is 10.9 Å². The van der Waals surface area contributed by atoms with Crippen molar-refractivity contribution in [2.24, 2.45) is 0 Å². The maximum absolute atomic E-state index is 12.3. The average Bonchev–Trinajstić information content (AvgIpc) is 3.18. The van der Waals surface area contributed by atoms with E-state index in [9.17, 15) is 4.79 Å². The summed E-state index contributed by atoms with van der Waals surface area (Å²) in [5.74, 6) is 0.370. The van der Waals surface area contributed by atoms with E-state index >= 15 is 0 Å². The number of hydrogen-bond acceptors (Lipinski definition) is 5. The Kier molecular flexibility index (Phi) is 3.73. The molecule has 0 spiro atoms. The number of furan rings is 1. The summed E-state index contributed by atoms with van der Waals surface area (Å²) in [5, 5.41) is 14.0. The van der Waals surface area contributed by atoms with Crippen molar-refractivity contribution in [3.63, 3.8) is 0 Å². The molecule has 0 bridgehead atoms. The molecule has 22 heavy (non-hydrogen) atoms. The van der Waals surface area contributed by atoms with Gasteiger partial charge in [0.05, 0.1) is 23.1 Å². The lowest BCUT2D eigenvalue weighted by Crippen LogP contribution is -2.14. The number of thiophene rings is 1. The summed E-state index contributed by atoms with van der Waals surface area (Å²) in [6, 6.07) is 10.8. The molecule has 0 aliphatic carbocycles. The van der Waals surface area contributed by atoms with Crippen molar-refractivity contribution in [3.8, 4) is 17.5 Å². The van der Waals surface area contributed by atoms with E-state index in [1.807, 2.05) is 12.1 Å². The summed E-state index contributed by atoms with van der Waals surface area (Å²) in [7, 11) is 0. The first-order chi connectivity index (χ1) is 10.7. The van der Waals surface area contributed by atoms with E-state index in [0.29, 0.717) is 33.3 Å². The molecule has 0 saturated carbocycles. The minimum Gasteiger partial charge on any atom is -0.463 e. The first-order valence-corrected chi connectivity index (χ1v) is 7.37. The number of rotatable bonds is 3. The van der Waals surface area contributed by atoms with Gasteiger partial charge in [0.15, 0.2) is 5.76 Å². The molecule has 3 aromatic rings. The zero-order chi connectivity index (χ0) is 15.5. The Hall–Kier alpha value is -2.91. The molecule has 1 amide bonds. The van der Waals surface area contributed by atoms with Gasteiger partial charge in [-0.25, -0.2) is 4.98 Å². The van der Waals surface area contributed by atoms with Crippen molar-refractivity contribution in [1.82, 2.24) is 4.98 Å². The van der Waals surface area contributed by atoms with Crippen molar-refractivity contribution >= 4 is 22.2 Å². The first kappa shape index (κ1) is 14.0. The standard InChI is InChI=1S/C16H11N3O2S/c1-10-12(4-5-13(18-10)14-3-2-7-21-14)15(20)19-16-11(9-17)6-8-22-16/h2-8H,1H3,(H,19,20). The van der Waals surface area contributed by atoms with Gasteiger partial charge >= 0.3 is 0 Å². The third-order valence-corrected chi connectivity index (χ3v) is 3.95. The van der Waals surface area contributed by atoms with Crippen molar-refractivity contribution < 1.29 is 9.21 Å². The summed E-state index contributed by atoms with van der Waals surface area (Å²) < 4.78 is 5.29. The summed E-state index contributed by atoms with van der Waals surface area (Å²) in [6.07, 6.45) is 1.58. The van der Waals surface area contributed by atoms with Gasteiger partial charge < -0.3 is 9.73 Å². The minimum atomic E-state index is -0.282. The lowest BCUT2D eigenvalue weighted by molar-refractivity contribution is 0.102. The van der Waals surface area contributed by atoms with Crippen LogP contribution in [0.5, 0.6) is 0 Å². The third kappa shape index (κ3) is 2.62.